The number of hydrazine groups is 1. The Balaban J connectivity index is 2.46. The van der Waals surface area contributed by atoms with Crippen LogP contribution in [0.4, 0.5) is 0 Å². The normalized spacial score (nSPS) is 19.6. The first-order valence-electron chi connectivity index (χ1n) is 4.74. The molecule has 0 unspecified atom stereocenters. The van der Waals surface area contributed by atoms with Gasteiger partial charge in [-0.2, -0.15) is 5.01 Å². The Bertz CT molecular complexity index is 428. The van der Waals surface area contributed by atoms with E-state index in [-0.39, 0.29) is 18.2 Å². The number of amides is 2. The molecule has 1 saturated heterocycles. The molecule has 0 atom stereocenters. The molecule has 0 aromatic carbocycles. The second kappa shape index (κ2) is 3.31. The Morgan fingerprint density at radius 3 is 2.87 bits per heavy atom. The molecule has 5 heteroatoms. The molecular weight excluding hydrogens is 194 g/mol. The van der Waals surface area contributed by atoms with Gasteiger partial charge in [0, 0.05) is 18.7 Å². The molecule has 0 aromatic heterocycles. The summed E-state index contributed by atoms with van der Waals surface area (Å²) in [6, 6.07) is 2.81. The number of hydrogen-bond acceptors (Lipinski definition) is 3. The van der Waals surface area contributed by atoms with E-state index in [1.165, 1.54) is 10.0 Å². The molecule has 0 aromatic rings. The number of allylic oxidation sites excluding steroid dienone is 1. The lowest BCUT2D eigenvalue weighted by Crippen LogP contribution is -2.53. The van der Waals surface area contributed by atoms with Gasteiger partial charge < -0.3 is 5.32 Å². The second-order valence-electron chi connectivity index (χ2n) is 3.37. The molecule has 2 rings (SSSR count). The van der Waals surface area contributed by atoms with Crippen LogP contribution in [-0.4, -0.2) is 28.9 Å². The molecule has 2 amide bonds. The maximum Gasteiger partial charge on any atom is 0.257 e. The zero-order chi connectivity index (χ0) is 11.0. The first kappa shape index (κ1) is 9.59. The van der Waals surface area contributed by atoms with Crippen LogP contribution in [0.1, 0.15) is 19.8 Å². The van der Waals surface area contributed by atoms with E-state index in [1.807, 2.05) is 6.92 Å². The van der Waals surface area contributed by atoms with Crippen molar-refractivity contribution in [2.24, 2.45) is 0 Å². The molecule has 78 valence electrons. The summed E-state index contributed by atoms with van der Waals surface area (Å²) < 4.78 is 0. The summed E-state index contributed by atoms with van der Waals surface area (Å²) in [7, 11) is 1.69. The Morgan fingerprint density at radius 2 is 2.20 bits per heavy atom. The Kier molecular flexibility index (Phi) is 2.12. The van der Waals surface area contributed by atoms with E-state index in [0.717, 1.165) is 5.57 Å². The Hall–Kier alpha value is -1.96. The van der Waals surface area contributed by atoms with E-state index in [1.54, 1.807) is 7.05 Å². The fourth-order valence-electron chi connectivity index (χ4n) is 1.60. The third-order valence-corrected chi connectivity index (χ3v) is 2.33. The smallest absolute Gasteiger partial charge is 0.257 e. The summed E-state index contributed by atoms with van der Waals surface area (Å²) in [6.45, 7) is 1.94. The number of carbonyl (C=O) groups excluding carboxylic acids is 2. The molecule has 0 saturated carbocycles. The van der Waals surface area contributed by atoms with Gasteiger partial charge in [0.2, 0.25) is 5.91 Å². The van der Waals surface area contributed by atoms with Gasteiger partial charge in [0.05, 0.1) is 0 Å². The van der Waals surface area contributed by atoms with Gasteiger partial charge in [0.1, 0.15) is 12.2 Å². The highest BCUT2D eigenvalue weighted by Gasteiger charge is 2.33. The van der Waals surface area contributed by atoms with Gasteiger partial charge >= 0.3 is 0 Å². The molecule has 15 heavy (non-hydrogen) atoms. The van der Waals surface area contributed by atoms with Gasteiger partial charge in [0.15, 0.2) is 0 Å². The second-order valence-corrected chi connectivity index (χ2v) is 3.37. The molecule has 0 aliphatic carbocycles. The van der Waals surface area contributed by atoms with E-state index in [4.69, 9.17) is 0 Å². The van der Waals surface area contributed by atoms with Crippen molar-refractivity contribution in [2.45, 2.75) is 19.8 Å². The van der Waals surface area contributed by atoms with Gasteiger partial charge in [0.25, 0.3) is 5.91 Å². The molecular formula is C10H11N3O2. The molecule has 1 N–H and O–H groups in total. The highest BCUT2D eigenvalue weighted by molar-refractivity contribution is 6.01. The number of rotatable bonds is 1. The number of fused-ring (bicyclic) bond motifs is 1. The predicted molar refractivity (Wildman–Crippen MR) is 52.5 cm³/mol. The predicted octanol–water partition coefficient (Wildman–Crippen LogP) is -0.222. The maximum atomic E-state index is 11.6. The van der Waals surface area contributed by atoms with Gasteiger partial charge in [-0.25, -0.2) is 5.01 Å². The fraction of sp³-hybridized carbons (Fsp3) is 0.400. The van der Waals surface area contributed by atoms with Crippen molar-refractivity contribution in [1.82, 2.24) is 15.3 Å². The zero-order valence-electron chi connectivity index (χ0n) is 8.63. The average molecular weight is 205 g/mol. The van der Waals surface area contributed by atoms with Crippen LogP contribution in [0, 0.1) is 12.0 Å². The van der Waals surface area contributed by atoms with Crippen LogP contribution < -0.4 is 5.32 Å². The standard InChI is InChI=1S/C10H11N3O2/c1-3-7-4-5-12(2)13-9(15)6-8(14)11-10(7)13/h3,6H2,1-2H3,(H,11,14). The molecule has 2 aliphatic rings. The quantitative estimate of drug-likeness (QED) is 0.475. The minimum Gasteiger partial charge on any atom is -0.309 e. The van der Waals surface area contributed by atoms with Crippen molar-refractivity contribution in [3.05, 3.63) is 11.4 Å². The van der Waals surface area contributed by atoms with E-state index >= 15 is 0 Å². The van der Waals surface area contributed by atoms with Crippen LogP contribution in [0.15, 0.2) is 11.4 Å². The highest BCUT2D eigenvalue weighted by atomic mass is 16.2. The van der Waals surface area contributed by atoms with Crippen molar-refractivity contribution >= 4 is 11.8 Å². The Morgan fingerprint density at radius 1 is 1.47 bits per heavy atom. The topological polar surface area (TPSA) is 52.7 Å². The molecule has 0 radical (unpaired) electrons. The fourth-order valence-corrected chi connectivity index (χ4v) is 1.60. The number of hydrogen-bond donors (Lipinski definition) is 1. The lowest BCUT2D eigenvalue weighted by Gasteiger charge is -2.36. The monoisotopic (exact) mass is 205 g/mol. The van der Waals surface area contributed by atoms with Gasteiger partial charge in [-0.1, -0.05) is 6.92 Å². The first-order chi connectivity index (χ1) is 7.13. The van der Waals surface area contributed by atoms with Crippen LogP contribution in [0.2, 0.25) is 0 Å². The van der Waals surface area contributed by atoms with Gasteiger partial charge in [-0.15, -0.1) is 0 Å². The van der Waals surface area contributed by atoms with Crippen LogP contribution in [0.25, 0.3) is 0 Å². The van der Waals surface area contributed by atoms with Gasteiger partial charge in [-0.05, 0) is 12.3 Å². The molecule has 5 nitrogen and oxygen atoms in total. The summed E-state index contributed by atoms with van der Waals surface area (Å²) in [5.74, 6) is 2.91. The van der Waals surface area contributed by atoms with Crippen LogP contribution >= 0.6 is 0 Å². The number of nitrogens with one attached hydrogen (secondary N) is 1. The van der Waals surface area contributed by atoms with Crippen LogP contribution in [0.3, 0.4) is 0 Å². The largest absolute Gasteiger partial charge is 0.309 e. The van der Waals surface area contributed by atoms with Gasteiger partial charge in [-0.3, -0.25) is 9.59 Å². The molecule has 2 aliphatic heterocycles. The summed E-state index contributed by atoms with van der Waals surface area (Å²) >= 11 is 0. The van der Waals surface area contributed by atoms with Crippen molar-refractivity contribution in [3.8, 4) is 12.0 Å². The molecule has 1 fully saturated rings. The van der Waals surface area contributed by atoms with Crippen molar-refractivity contribution in [1.29, 1.82) is 0 Å². The summed E-state index contributed by atoms with van der Waals surface area (Å²) in [5, 5.41) is 5.59. The molecule has 0 spiro atoms. The zero-order valence-corrected chi connectivity index (χ0v) is 8.63. The lowest BCUT2D eigenvalue weighted by atomic mass is 10.1. The first-order valence-corrected chi connectivity index (χ1v) is 4.74. The SMILES string of the molecule is CCC1=C2NC(=O)CC(=O)N2N(C)C#C1. The van der Waals surface area contributed by atoms with E-state index in [2.05, 4.69) is 17.3 Å². The Labute approximate surface area is 87.7 Å². The van der Waals surface area contributed by atoms with Crippen molar-refractivity contribution in [3.63, 3.8) is 0 Å². The number of carbonyl (C=O) groups is 2. The van der Waals surface area contributed by atoms with E-state index in [9.17, 15) is 9.59 Å². The van der Waals surface area contributed by atoms with Crippen molar-refractivity contribution < 1.29 is 9.59 Å². The van der Waals surface area contributed by atoms with Crippen molar-refractivity contribution in [2.75, 3.05) is 7.05 Å². The number of nitrogens with zero attached hydrogens (tertiary/aromatic N) is 2. The maximum absolute atomic E-state index is 11.6. The third kappa shape index (κ3) is 1.44. The minimum atomic E-state index is -0.269. The van der Waals surface area contributed by atoms with Crippen LogP contribution in [0.5, 0.6) is 0 Å². The highest BCUT2D eigenvalue weighted by Crippen LogP contribution is 2.20. The summed E-state index contributed by atoms with van der Waals surface area (Å²) in [6.07, 6.45) is 0.576. The minimum absolute atomic E-state index is 0.119. The van der Waals surface area contributed by atoms with E-state index < -0.39 is 0 Å². The lowest BCUT2D eigenvalue weighted by molar-refractivity contribution is -0.146. The molecule has 0 bridgehead atoms. The summed E-state index contributed by atoms with van der Waals surface area (Å²) in [4.78, 5) is 22.9. The average Bonchev–Trinajstić information content (AvgIpc) is 2.17. The van der Waals surface area contributed by atoms with E-state index in [0.29, 0.717) is 12.2 Å². The third-order valence-electron chi connectivity index (χ3n) is 2.33. The molecule has 2 heterocycles. The summed E-state index contributed by atoms with van der Waals surface area (Å²) in [5.41, 5.74) is 0.787. The van der Waals surface area contributed by atoms with Crippen LogP contribution in [-0.2, 0) is 9.59 Å².